The third kappa shape index (κ3) is 4.02. The number of amides is 1. The maximum Gasteiger partial charge on any atom is 0.270 e. The predicted octanol–water partition coefficient (Wildman–Crippen LogP) is 3.60. The van der Waals surface area contributed by atoms with Gasteiger partial charge in [0.05, 0.1) is 17.3 Å². The lowest BCUT2D eigenvalue weighted by Gasteiger charge is -2.35. The number of aromatic nitrogens is 2. The van der Waals surface area contributed by atoms with Gasteiger partial charge in [-0.3, -0.25) is 14.7 Å². The zero-order valence-electron chi connectivity index (χ0n) is 19.7. The van der Waals surface area contributed by atoms with Crippen molar-refractivity contribution in [2.75, 3.05) is 66.3 Å². The second-order valence-corrected chi connectivity index (χ2v) is 9.37. The highest BCUT2D eigenvalue weighted by Crippen LogP contribution is 2.36. The lowest BCUT2D eigenvalue weighted by molar-refractivity contribution is 0.0999. The number of likely N-dealkylation sites (N-methyl/N-ethyl adjacent to an activating group) is 1. The largest absolute Gasteiger partial charge is 0.369 e. The molecule has 0 atom stereocenters. The summed E-state index contributed by atoms with van der Waals surface area (Å²) < 4.78 is 13.6. The molecule has 11 heteroatoms. The van der Waals surface area contributed by atoms with Crippen molar-refractivity contribution in [3.63, 3.8) is 0 Å². The summed E-state index contributed by atoms with van der Waals surface area (Å²) in [5, 5.41) is 3.37. The van der Waals surface area contributed by atoms with Crippen molar-refractivity contribution in [1.29, 1.82) is 0 Å². The highest BCUT2D eigenvalue weighted by atomic mass is 35.5. The van der Waals surface area contributed by atoms with E-state index in [1.807, 2.05) is 17.0 Å². The maximum atomic E-state index is 13.6. The third-order valence-electron chi connectivity index (χ3n) is 6.62. The minimum absolute atomic E-state index is 0.126. The van der Waals surface area contributed by atoms with Crippen LogP contribution in [0.25, 0.3) is 0 Å². The van der Waals surface area contributed by atoms with Gasteiger partial charge in [0.2, 0.25) is 11.9 Å². The van der Waals surface area contributed by atoms with Crippen LogP contribution in [0.5, 0.6) is 0 Å². The molecule has 6 rings (SSSR count). The Bertz CT molecular complexity index is 1360. The van der Waals surface area contributed by atoms with Crippen molar-refractivity contribution in [2.45, 2.75) is 0 Å². The van der Waals surface area contributed by atoms with Gasteiger partial charge in [0, 0.05) is 50.3 Å². The van der Waals surface area contributed by atoms with Crippen LogP contribution in [0.2, 0.25) is 5.02 Å². The number of carbonyl (C=O) groups excluding carboxylic acids is 1. The van der Waals surface area contributed by atoms with E-state index in [1.165, 1.54) is 35.0 Å². The molecule has 9 nitrogen and oxygen atoms in total. The monoisotopic (exact) mass is 506 g/mol. The van der Waals surface area contributed by atoms with Gasteiger partial charge in [-0.05, 0) is 49.5 Å². The average Bonchev–Trinajstić information content (AvgIpc) is 3.36. The van der Waals surface area contributed by atoms with E-state index in [0.717, 1.165) is 31.9 Å². The number of carbonyl (C=O) groups is 1. The second kappa shape index (κ2) is 9.03. The molecule has 1 saturated heterocycles. The number of nitrogens with one attached hydrogen (secondary N) is 1. The number of aliphatic imine (C=N–C) groups is 1. The first-order chi connectivity index (χ1) is 17.5. The molecule has 1 fully saturated rings. The molecule has 4 heterocycles. The number of fused-ring (bicyclic) bond motifs is 3. The summed E-state index contributed by atoms with van der Waals surface area (Å²) in [7, 11) is 2.14. The molecule has 0 bridgehead atoms. The van der Waals surface area contributed by atoms with E-state index in [1.54, 1.807) is 0 Å². The minimum Gasteiger partial charge on any atom is -0.369 e. The molecule has 2 aromatic carbocycles. The van der Waals surface area contributed by atoms with Gasteiger partial charge in [0.1, 0.15) is 11.4 Å². The Morgan fingerprint density at radius 2 is 1.81 bits per heavy atom. The van der Waals surface area contributed by atoms with Gasteiger partial charge in [-0.2, -0.15) is 4.98 Å². The van der Waals surface area contributed by atoms with Crippen molar-refractivity contribution in [2.24, 2.45) is 4.99 Å². The number of halogens is 2. The molecule has 0 unspecified atom stereocenters. The molecule has 1 N–H and O–H groups in total. The van der Waals surface area contributed by atoms with E-state index in [2.05, 4.69) is 49.3 Å². The summed E-state index contributed by atoms with van der Waals surface area (Å²) in [4.78, 5) is 34.9. The molecule has 3 aromatic rings. The zero-order valence-corrected chi connectivity index (χ0v) is 20.4. The molecular weight excluding hydrogens is 483 g/mol. The van der Waals surface area contributed by atoms with Crippen molar-refractivity contribution in [3.05, 3.63) is 65.1 Å². The van der Waals surface area contributed by atoms with Crippen LogP contribution in [0.15, 0.2) is 53.7 Å². The molecular formula is C25H24ClFN8O. The molecule has 3 aliphatic heterocycles. The number of rotatable bonds is 4. The summed E-state index contributed by atoms with van der Waals surface area (Å²) in [5.74, 6) is 0.445. The van der Waals surface area contributed by atoms with Crippen LogP contribution in [0.4, 0.5) is 33.2 Å². The van der Waals surface area contributed by atoms with Gasteiger partial charge in [-0.25, -0.2) is 14.3 Å². The molecule has 1 amide bonds. The molecule has 3 aliphatic rings. The number of piperazine rings is 1. The van der Waals surface area contributed by atoms with Crippen LogP contribution in [0.3, 0.4) is 0 Å². The first-order valence-electron chi connectivity index (χ1n) is 11.8. The van der Waals surface area contributed by atoms with Crippen LogP contribution in [-0.4, -0.2) is 73.1 Å². The molecule has 0 spiro atoms. The van der Waals surface area contributed by atoms with E-state index >= 15 is 0 Å². The van der Waals surface area contributed by atoms with Crippen molar-refractivity contribution in [1.82, 2.24) is 14.9 Å². The SMILES string of the molecule is CN1CCN(c2ccc(Nc3ncc4c(n3)N3CCN=C3N(c3ccc(F)cc3Cl)C4=O)cc2)CC1. The topological polar surface area (TPSA) is 80.2 Å². The maximum absolute atomic E-state index is 13.6. The van der Waals surface area contributed by atoms with Crippen LogP contribution in [0.1, 0.15) is 10.4 Å². The number of hydrogen-bond donors (Lipinski definition) is 1. The van der Waals surface area contributed by atoms with E-state index in [-0.39, 0.29) is 10.9 Å². The summed E-state index contributed by atoms with van der Waals surface area (Å²) in [6.07, 6.45) is 1.51. The van der Waals surface area contributed by atoms with Crippen LogP contribution in [0, 0.1) is 5.82 Å². The third-order valence-corrected chi connectivity index (χ3v) is 6.92. The van der Waals surface area contributed by atoms with Gasteiger partial charge < -0.3 is 15.1 Å². The minimum atomic E-state index is -0.477. The van der Waals surface area contributed by atoms with Crippen molar-refractivity contribution >= 4 is 52.3 Å². The number of guanidine groups is 1. The highest BCUT2D eigenvalue weighted by molar-refractivity contribution is 6.38. The Morgan fingerprint density at radius 1 is 1.03 bits per heavy atom. The fourth-order valence-corrected chi connectivity index (χ4v) is 4.91. The second-order valence-electron chi connectivity index (χ2n) is 8.96. The zero-order chi connectivity index (χ0) is 24.8. The first-order valence-corrected chi connectivity index (χ1v) is 12.1. The fourth-order valence-electron chi connectivity index (χ4n) is 4.66. The van der Waals surface area contributed by atoms with Crippen molar-refractivity contribution < 1.29 is 9.18 Å². The molecule has 0 saturated carbocycles. The van der Waals surface area contributed by atoms with Gasteiger partial charge in [-0.1, -0.05) is 11.6 Å². The normalized spacial score (nSPS) is 17.7. The van der Waals surface area contributed by atoms with Crippen LogP contribution >= 0.6 is 11.6 Å². The fraction of sp³-hybridized carbons (Fsp3) is 0.280. The van der Waals surface area contributed by atoms with Gasteiger partial charge in [-0.15, -0.1) is 0 Å². The van der Waals surface area contributed by atoms with Crippen LogP contribution in [-0.2, 0) is 0 Å². The van der Waals surface area contributed by atoms with Gasteiger partial charge in [0.25, 0.3) is 5.91 Å². The summed E-state index contributed by atoms with van der Waals surface area (Å²) in [6.45, 7) is 5.16. The molecule has 184 valence electrons. The summed E-state index contributed by atoms with van der Waals surface area (Å²) in [6, 6.07) is 12.1. The smallest absolute Gasteiger partial charge is 0.270 e. The van der Waals surface area contributed by atoms with Crippen molar-refractivity contribution in [3.8, 4) is 0 Å². The Morgan fingerprint density at radius 3 is 2.56 bits per heavy atom. The molecule has 0 aliphatic carbocycles. The molecule has 36 heavy (non-hydrogen) atoms. The number of hydrogen-bond acceptors (Lipinski definition) is 8. The summed E-state index contributed by atoms with van der Waals surface area (Å²) in [5.41, 5.74) is 2.72. The van der Waals surface area contributed by atoms with E-state index < -0.39 is 5.82 Å². The predicted molar refractivity (Wildman–Crippen MR) is 139 cm³/mol. The quantitative estimate of drug-likeness (QED) is 0.579. The average molecular weight is 507 g/mol. The number of nitrogens with zero attached hydrogens (tertiary/aromatic N) is 7. The van der Waals surface area contributed by atoms with E-state index in [4.69, 9.17) is 11.6 Å². The number of anilines is 5. The lowest BCUT2D eigenvalue weighted by Crippen LogP contribution is -2.51. The molecule has 1 aromatic heterocycles. The van der Waals surface area contributed by atoms with E-state index in [0.29, 0.717) is 42.1 Å². The van der Waals surface area contributed by atoms with Gasteiger partial charge >= 0.3 is 0 Å². The lowest BCUT2D eigenvalue weighted by atomic mass is 10.1. The Kier molecular flexibility index (Phi) is 5.69. The Balaban J connectivity index is 1.25. The molecule has 0 radical (unpaired) electrons. The Hall–Kier alpha value is -3.76. The standard InChI is InChI=1S/C25H24ClFN8O/c1-32-10-12-33(13-11-32)18-5-3-17(4-6-18)30-24-29-15-19-22(31-24)34-9-8-28-25(34)35(23(19)36)21-7-2-16(27)14-20(21)26/h2-7,14-15H,8-13H2,1H3,(H,29,30,31). The Labute approximate surface area is 212 Å². The highest BCUT2D eigenvalue weighted by Gasteiger charge is 2.40. The van der Waals surface area contributed by atoms with Gasteiger partial charge in [0.15, 0.2) is 5.82 Å². The number of benzene rings is 2. The van der Waals surface area contributed by atoms with E-state index in [9.17, 15) is 9.18 Å². The van der Waals surface area contributed by atoms with Crippen LogP contribution < -0.4 is 20.0 Å². The summed E-state index contributed by atoms with van der Waals surface area (Å²) >= 11 is 6.27. The first kappa shape index (κ1) is 22.7.